The molecular formula is C43H42O8. The van der Waals surface area contributed by atoms with Crippen LogP contribution in [0.5, 0.6) is 5.75 Å². The zero-order valence-electron chi connectivity index (χ0n) is 29.3. The third-order valence-corrected chi connectivity index (χ3v) is 8.62. The molecule has 0 fully saturated rings. The van der Waals surface area contributed by atoms with Crippen LogP contribution in [-0.4, -0.2) is 24.0 Å². The summed E-state index contributed by atoms with van der Waals surface area (Å²) in [5, 5.41) is 9.85. The highest BCUT2D eigenvalue weighted by atomic mass is 17.1. The van der Waals surface area contributed by atoms with Crippen LogP contribution in [0.4, 0.5) is 0 Å². The van der Waals surface area contributed by atoms with Gasteiger partial charge in [-0.2, -0.15) is 0 Å². The van der Waals surface area contributed by atoms with E-state index in [0.29, 0.717) is 16.9 Å². The van der Waals surface area contributed by atoms with Gasteiger partial charge in [0.05, 0.1) is 6.26 Å². The van der Waals surface area contributed by atoms with Crippen molar-refractivity contribution in [2.24, 2.45) is 0 Å². The lowest BCUT2D eigenvalue weighted by Gasteiger charge is -2.23. The van der Waals surface area contributed by atoms with Crippen molar-refractivity contribution in [3.8, 4) is 16.9 Å². The lowest BCUT2D eigenvalue weighted by Crippen LogP contribution is -2.16. The Labute approximate surface area is 298 Å². The van der Waals surface area contributed by atoms with E-state index < -0.39 is 18.0 Å². The van der Waals surface area contributed by atoms with Gasteiger partial charge in [-0.3, -0.25) is 5.26 Å². The molecule has 0 bridgehead atoms. The van der Waals surface area contributed by atoms with E-state index in [4.69, 9.17) is 23.8 Å². The van der Waals surface area contributed by atoms with Gasteiger partial charge in [0.15, 0.2) is 0 Å². The van der Waals surface area contributed by atoms with E-state index in [1.807, 2.05) is 78.9 Å². The van der Waals surface area contributed by atoms with Crippen molar-refractivity contribution in [1.29, 1.82) is 0 Å². The van der Waals surface area contributed by atoms with Gasteiger partial charge >= 0.3 is 11.9 Å². The van der Waals surface area contributed by atoms with Gasteiger partial charge < -0.3 is 18.9 Å². The molecule has 8 nitrogen and oxygen atoms in total. The van der Waals surface area contributed by atoms with Gasteiger partial charge in [0.2, 0.25) is 6.79 Å². The average Bonchev–Trinajstić information content (AvgIpc) is 3.35. The van der Waals surface area contributed by atoms with Gasteiger partial charge in [0.25, 0.3) is 0 Å². The Bertz CT molecular complexity index is 1970. The van der Waals surface area contributed by atoms with Crippen molar-refractivity contribution in [3.05, 3.63) is 161 Å². The standard InChI is InChI=1S/C43H42O8/c1-28(2)41(44)48-25-32-11-7-30(8-12-32)15-20-40(51-46)34-16-18-36-37-19-17-35(24-39(37)43(5,6)38(36)23-34)50-27-47-22-21-31-9-13-33(14-10-31)26-49-42(45)29(3)4/h7-24,40,46H,1,3,25-27H2,2,4-6H3. The third kappa shape index (κ3) is 9.11. The number of esters is 2. The fraction of sp³-hybridized carbons (Fsp3) is 0.209. The molecule has 0 aromatic heterocycles. The summed E-state index contributed by atoms with van der Waals surface area (Å²) in [5.41, 5.74) is 9.27. The van der Waals surface area contributed by atoms with Gasteiger partial charge in [-0.15, -0.1) is 0 Å². The molecule has 0 radical (unpaired) electrons. The maximum atomic E-state index is 11.7. The third-order valence-electron chi connectivity index (χ3n) is 8.62. The second-order valence-electron chi connectivity index (χ2n) is 13.0. The molecule has 51 heavy (non-hydrogen) atoms. The lowest BCUT2D eigenvalue weighted by atomic mass is 9.81. The molecule has 4 aromatic rings. The van der Waals surface area contributed by atoms with E-state index in [1.54, 1.807) is 26.2 Å². The summed E-state index contributed by atoms with van der Waals surface area (Å²) < 4.78 is 21.9. The molecule has 0 spiro atoms. The second kappa shape index (κ2) is 16.3. The molecule has 5 rings (SSSR count). The highest BCUT2D eigenvalue weighted by molar-refractivity contribution is 5.87. The largest absolute Gasteiger partial charge is 0.465 e. The Hall–Kier alpha value is -5.70. The van der Waals surface area contributed by atoms with Gasteiger partial charge in [-0.25, -0.2) is 14.5 Å². The summed E-state index contributed by atoms with van der Waals surface area (Å²) in [7, 11) is 0. The van der Waals surface area contributed by atoms with E-state index in [9.17, 15) is 14.8 Å². The number of benzene rings is 4. The molecule has 1 aliphatic rings. The van der Waals surface area contributed by atoms with Gasteiger partial charge in [0, 0.05) is 16.6 Å². The molecule has 1 N–H and O–H groups in total. The molecule has 8 heteroatoms. The van der Waals surface area contributed by atoms with Crippen LogP contribution in [0.1, 0.15) is 72.7 Å². The Morgan fingerprint density at radius 1 is 0.745 bits per heavy atom. The summed E-state index contributed by atoms with van der Waals surface area (Å²) in [6.45, 7) is 15.1. The minimum atomic E-state index is -0.681. The molecule has 0 saturated carbocycles. The van der Waals surface area contributed by atoms with Crippen LogP contribution >= 0.6 is 0 Å². The van der Waals surface area contributed by atoms with E-state index in [2.05, 4.69) is 45.2 Å². The van der Waals surface area contributed by atoms with E-state index in [-0.39, 0.29) is 25.4 Å². The van der Waals surface area contributed by atoms with Crippen LogP contribution in [0, 0.1) is 0 Å². The Balaban J connectivity index is 1.17. The summed E-state index contributed by atoms with van der Waals surface area (Å²) in [5.74, 6) is -0.141. The Kier molecular flexibility index (Phi) is 11.7. The Morgan fingerprint density at radius 2 is 1.27 bits per heavy atom. The normalized spacial score (nSPS) is 13.4. The van der Waals surface area contributed by atoms with Crippen molar-refractivity contribution in [1.82, 2.24) is 0 Å². The molecule has 4 aromatic carbocycles. The van der Waals surface area contributed by atoms with Crippen LogP contribution < -0.4 is 4.74 Å². The predicted molar refractivity (Wildman–Crippen MR) is 197 cm³/mol. The smallest absolute Gasteiger partial charge is 0.333 e. The first kappa shape index (κ1) is 36.6. The second-order valence-corrected chi connectivity index (χ2v) is 13.0. The molecule has 0 amide bonds. The van der Waals surface area contributed by atoms with Crippen LogP contribution in [0.25, 0.3) is 23.3 Å². The molecular weight excluding hydrogens is 644 g/mol. The van der Waals surface area contributed by atoms with Gasteiger partial charge in [0.1, 0.15) is 25.1 Å². The van der Waals surface area contributed by atoms with Crippen LogP contribution in [0.3, 0.4) is 0 Å². The molecule has 0 heterocycles. The maximum absolute atomic E-state index is 11.7. The van der Waals surface area contributed by atoms with E-state index in [1.165, 1.54) is 0 Å². The zero-order chi connectivity index (χ0) is 36.5. The van der Waals surface area contributed by atoms with Crippen molar-refractivity contribution >= 4 is 24.1 Å². The SMILES string of the molecule is C=C(C)C(=O)OCc1ccc(C=COCOc2ccc3c(c2)C(C)(C)c2cc(C(C=Cc4ccc(COC(=O)C(=C)C)cc4)OO)ccc2-3)cc1. The number of carbonyl (C=O) groups excluding carboxylic acids is 2. The predicted octanol–water partition coefficient (Wildman–Crippen LogP) is 9.50. The average molecular weight is 687 g/mol. The lowest BCUT2D eigenvalue weighted by molar-refractivity contribution is -0.268. The fourth-order valence-electron chi connectivity index (χ4n) is 5.67. The maximum Gasteiger partial charge on any atom is 0.333 e. The minimum absolute atomic E-state index is 0.0365. The number of hydrogen-bond donors (Lipinski definition) is 1. The first-order chi connectivity index (χ1) is 24.5. The van der Waals surface area contributed by atoms with Crippen molar-refractivity contribution in [3.63, 3.8) is 0 Å². The fourth-order valence-corrected chi connectivity index (χ4v) is 5.67. The first-order valence-corrected chi connectivity index (χ1v) is 16.5. The number of ether oxygens (including phenoxy) is 4. The number of carbonyl (C=O) groups is 2. The molecule has 262 valence electrons. The van der Waals surface area contributed by atoms with Crippen molar-refractivity contribution in [2.45, 2.75) is 52.4 Å². The van der Waals surface area contributed by atoms with Crippen LogP contribution in [0.15, 0.2) is 122 Å². The number of fused-ring (bicyclic) bond motifs is 3. The van der Waals surface area contributed by atoms with Crippen molar-refractivity contribution < 1.29 is 38.7 Å². The van der Waals surface area contributed by atoms with Gasteiger partial charge in [-0.05, 0) is 88.2 Å². The summed E-state index contributed by atoms with van der Waals surface area (Å²) in [4.78, 5) is 28.2. The number of rotatable bonds is 15. The Morgan fingerprint density at radius 3 is 1.82 bits per heavy atom. The molecule has 0 saturated heterocycles. The molecule has 1 aliphatic carbocycles. The topological polar surface area (TPSA) is 101 Å². The highest BCUT2D eigenvalue weighted by Gasteiger charge is 2.36. The van der Waals surface area contributed by atoms with E-state index in [0.717, 1.165) is 50.1 Å². The zero-order valence-corrected chi connectivity index (χ0v) is 29.3. The van der Waals surface area contributed by atoms with Crippen molar-refractivity contribution in [2.75, 3.05) is 6.79 Å². The molecule has 1 atom stereocenters. The van der Waals surface area contributed by atoms with Crippen LogP contribution in [-0.2, 0) is 47.3 Å². The minimum Gasteiger partial charge on any atom is -0.465 e. The number of hydrogen-bond acceptors (Lipinski definition) is 8. The molecule has 0 aliphatic heterocycles. The molecule has 1 unspecified atom stereocenters. The summed E-state index contributed by atoms with van der Waals surface area (Å²) in [6, 6.07) is 27.3. The summed E-state index contributed by atoms with van der Waals surface area (Å²) >= 11 is 0. The highest BCUT2D eigenvalue weighted by Crippen LogP contribution is 2.50. The van der Waals surface area contributed by atoms with Gasteiger partial charge in [-0.1, -0.05) is 106 Å². The van der Waals surface area contributed by atoms with E-state index >= 15 is 0 Å². The van der Waals surface area contributed by atoms with Crippen LogP contribution in [0.2, 0.25) is 0 Å². The first-order valence-electron chi connectivity index (χ1n) is 16.5. The monoisotopic (exact) mass is 686 g/mol. The quantitative estimate of drug-likeness (QED) is 0.0251. The summed E-state index contributed by atoms with van der Waals surface area (Å²) in [6.07, 6.45) is 6.40.